The maximum absolute atomic E-state index is 13.9. The summed E-state index contributed by atoms with van der Waals surface area (Å²) >= 11 is 0. The SMILES string of the molecule is CN=C(NCCn1cncn1)NC1CCN(c2c(F)cccc2F)C1.I. The first-order chi connectivity index (χ1) is 12.2. The third kappa shape index (κ3) is 5.02. The number of rotatable bonds is 5. The standard InChI is InChI=1S/C16H21F2N7.HI/c1-19-16(21-6-8-25-11-20-10-22-25)23-12-5-7-24(9-12)15-13(17)3-2-4-14(15)18;/h2-4,10-12H,5-9H2,1H3,(H2,19,21,23);1H. The van der Waals surface area contributed by atoms with Gasteiger partial charge in [-0.25, -0.2) is 13.8 Å². The van der Waals surface area contributed by atoms with Crippen LogP contribution in [0.4, 0.5) is 14.5 Å². The topological polar surface area (TPSA) is 70.4 Å². The molecule has 1 unspecified atom stereocenters. The number of nitrogens with one attached hydrogen (secondary N) is 2. The molecule has 142 valence electrons. The maximum Gasteiger partial charge on any atom is 0.191 e. The minimum atomic E-state index is -0.531. The molecule has 1 saturated heterocycles. The van der Waals surface area contributed by atoms with Crippen LogP contribution in [0.2, 0.25) is 0 Å². The zero-order chi connectivity index (χ0) is 17.6. The number of anilines is 1. The summed E-state index contributed by atoms with van der Waals surface area (Å²) in [4.78, 5) is 9.80. The number of halogens is 3. The largest absolute Gasteiger partial charge is 0.365 e. The minimum absolute atomic E-state index is 0. The first-order valence-corrected chi connectivity index (χ1v) is 8.16. The lowest BCUT2D eigenvalue weighted by Crippen LogP contribution is -2.45. The molecule has 26 heavy (non-hydrogen) atoms. The quantitative estimate of drug-likeness (QED) is 0.389. The summed E-state index contributed by atoms with van der Waals surface area (Å²) in [5.41, 5.74) is 0.0425. The first kappa shape index (κ1) is 20.3. The minimum Gasteiger partial charge on any atom is -0.365 e. The molecular weight excluding hydrogens is 455 g/mol. The summed E-state index contributed by atoms with van der Waals surface area (Å²) in [6.45, 7) is 2.41. The molecule has 0 spiro atoms. The average molecular weight is 477 g/mol. The molecule has 0 aliphatic carbocycles. The molecule has 1 aromatic heterocycles. The van der Waals surface area contributed by atoms with Crippen molar-refractivity contribution in [3.63, 3.8) is 0 Å². The zero-order valence-electron chi connectivity index (χ0n) is 14.4. The molecule has 1 atom stereocenters. The molecule has 1 aliphatic rings. The van der Waals surface area contributed by atoms with Crippen LogP contribution in [0.1, 0.15) is 6.42 Å². The summed E-state index contributed by atoms with van der Waals surface area (Å²) in [6.07, 6.45) is 3.91. The van der Waals surface area contributed by atoms with Gasteiger partial charge in [0.15, 0.2) is 5.96 Å². The monoisotopic (exact) mass is 477 g/mol. The normalized spacial score (nSPS) is 17.1. The summed E-state index contributed by atoms with van der Waals surface area (Å²) in [5.74, 6) is -0.409. The molecular formula is C16H22F2IN7. The number of nitrogens with zero attached hydrogens (tertiary/aromatic N) is 5. The molecule has 1 aliphatic heterocycles. The van der Waals surface area contributed by atoms with Crippen molar-refractivity contribution in [2.24, 2.45) is 4.99 Å². The van der Waals surface area contributed by atoms with Crippen LogP contribution in [0.25, 0.3) is 0 Å². The maximum atomic E-state index is 13.9. The van der Waals surface area contributed by atoms with E-state index in [2.05, 4.69) is 25.7 Å². The van der Waals surface area contributed by atoms with Gasteiger partial charge in [-0.05, 0) is 18.6 Å². The van der Waals surface area contributed by atoms with Gasteiger partial charge in [-0.15, -0.1) is 24.0 Å². The highest BCUT2D eigenvalue weighted by atomic mass is 127. The molecule has 0 radical (unpaired) electrons. The third-order valence-electron chi connectivity index (χ3n) is 4.11. The predicted molar refractivity (Wildman–Crippen MR) is 107 cm³/mol. The molecule has 1 fully saturated rings. The molecule has 2 aromatic rings. The number of benzene rings is 1. The number of aromatic nitrogens is 3. The Balaban J connectivity index is 0.00000243. The van der Waals surface area contributed by atoms with Crippen molar-refractivity contribution in [2.75, 3.05) is 31.6 Å². The fourth-order valence-electron chi connectivity index (χ4n) is 2.90. The third-order valence-corrected chi connectivity index (χ3v) is 4.11. The number of aliphatic imine (C=N–C) groups is 1. The summed E-state index contributed by atoms with van der Waals surface area (Å²) in [6, 6.07) is 4.01. The second kappa shape index (κ2) is 9.64. The van der Waals surface area contributed by atoms with Crippen LogP contribution in [0.15, 0.2) is 35.8 Å². The van der Waals surface area contributed by atoms with Crippen molar-refractivity contribution in [2.45, 2.75) is 19.0 Å². The van der Waals surface area contributed by atoms with Crippen LogP contribution in [0, 0.1) is 11.6 Å². The van der Waals surface area contributed by atoms with E-state index in [1.807, 2.05) is 0 Å². The van der Waals surface area contributed by atoms with E-state index in [1.54, 1.807) is 23.0 Å². The van der Waals surface area contributed by atoms with E-state index < -0.39 is 11.6 Å². The molecule has 10 heteroatoms. The Bertz CT molecular complexity index is 703. The Kier molecular flexibility index (Phi) is 7.54. The Hall–Kier alpha value is -1.98. The molecule has 3 rings (SSSR count). The highest BCUT2D eigenvalue weighted by Gasteiger charge is 2.27. The fourth-order valence-corrected chi connectivity index (χ4v) is 2.90. The highest BCUT2D eigenvalue weighted by Crippen LogP contribution is 2.26. The Morgan fingerprint density at radius 3 is 2.77 bits per heavy atom. The second-order valence-electron chi connectivity index (χ2n) is 5.80. The van der Waals surface area contributed by atoms with E-state index in [9.17, 15) is 8.78 Å². The lowest BCUT2D eigenvalue weighted by molar-refractivity contribution is 0.574. The van der Waals surface area contributed by atoms with Gasteiger partial charge in [0.25, 0.3) is 0 Å². The average Bonchev–Trinajstić information content (AvgIpc) is 3.26. The summed E-state index contributed by atoms with van der Waals surface area (Å²) in [5, 5.41) is 10.5. The Labute approximate surface area is 167 Å². The van der Waals surface area contributed by atoms with Gasteiger partial charge in [-0.2, -0.15) is 5.10 Å². The van der Waals surface area contributed by atoms with Crippen molar-refractivity contribution < 1.29 is 8.78 Å². The van der Waals surface area contributed by atoms with E-state index in [0.717, 1.165) is 6.42 Å². The van der Waals surface area contributed by atoms with Gasteiger partial charge in [0.2, 0.25) is 0 Å². The Morgan fingerprint density at radius 2 is 2.12 bits per heavy atom. The zero-order valence-corrected chi connectivity index (χ0v) is 16.7. The highest BCUT2D eigenvalue weighted by molar-refractivity contribution is 14.0. The number of para-hydroxylation sites is 1. The van der Waals surface area contributed by atoms with Crippen LogP contribution >= 0.6 is 24.0 Å². The number of guanidine groups is 1. The van der Waals surface area contributed by atoms with Gasteiger partial charge in [0.05, 0.1) is 6.54 Å². The number of hydrogen-bond acceptors (Lipinski definition) is 4. The lowest BCUT2D eigenvalue weighted by Gasteiger charge is -2.21. The van der Waals surface area contributed by atoms with Gasteiger partial charge >= 0.3 is 0 Å². The van der Waals surface area contributed by atoms with Crippen molar-refractivity contribution in [1.82, 2.24) is 25.4 Å². The first-order valence-electron chi connectivity index (χ1n) is 8.16. The van der Waals surface area contributed by atoms with Gasteiger partial charge < -0.3 is 15.5 Å². The van der Waals surface area contributed by atoms with E-state index >= 15 is 0 Å². The number of hydrogen-bond donors (Lipinski definition) is 2. The van der Waals surface area contributed by atoms with Gasteiger partial charge in [0.1, 0.15) is 30.0 Å². The van der Waals surface area contributed by atoms with Crippen molar-refractivity contribution in [3.8, 4) is 0 Å². The van der Waals surface area contributed by atoms with Crippen LogP contribution < -0.4 is 15.5 Å². The van der Waals surface area contributed by atoms with Gasteiger partial charge in [0, 0.05) is 32.7 Å². The van der Waals surface area contributed by atoms with E-state index in [4.69, 9.17) is 0 Å². The molecule has 1 aromatic carbocycles. The van der Waals surface area contributed by atoms with Crippen LogP contribution in [0.5, 0.6) is 0 Å². The molecule has 7 nitrogen and oxygen atoms in total. The van der Waals surface area contributed by atoms with Crippen molar-refractivity contribution in [1.29, 1.82) is 0 Å². The smallest absolute Gasteiger partial charge is 0.191 e. The molecule has 2 heterocycles. The van der Waals surface area contributed by atoms with Gasteiger partial charge in [-0.3, -0.25) is 9.67 Å². The van der Waals surface area contributed by atoms with Crippen LogP contribution in [-0.2, 0) is 6.54 Å². The van der Waals surface area contributed by atoms with Crippen molar-refractivity contribution >= 4 is 35.6 Å². The lowest BCUT2D eigenvalue weighted by atomic mass is 10.2. The van der Waals surface area contributed by atoms with Crippen molar-refractivity contribution in [3.05, 3.63) is 42.5 Å². The molecule has 0 saturated carbocycles. The summed E-state index contributed by atoms with van der Waals surface area (Å²) < 4.78 is 29.5. The Morgan fingerprint density at radius 1 is 1.35 bits per heavy atom. The molecule has 0 amide bonds. The van der Waals surface area contributed by atoms with Gasteiger partial charge in [-0.1, -0.05) is 6.07 Å². The van der Waals surface area contributed by atoms with E-state index in [0.29, 0.717) is 32.1 Å². The van der Waals surface area contributed by atoms with E-state index in [-0.39, 0.29) is 35.7 Å². The molecule has 2 N–H and O–H groups in total. The molecule has 0 bridgehead atoms. The van der Waals surface area contributed by atoms with E-state index in [1.165, 1.54) is 24.5 Å². The van der Waals surface area contributed by atoms with Crippen LogP contribution in [-0.4, -0.2) is 53.4 Å². The summed E-state index contributed by atoms with van der Waals surface area (Å²) in [7, 11) is 1.69. The predicted octanol–water partition coefficient (Wildman–Crippen LogP) is 1.62. The second-order valence-corrected chi connectivity index (χ2v) is 5.80. The fraction of sp³-hybridized carbons (Fsp3) is 0.438. The van der Waals surface area contributed by atoms with Crippen LogP contribution in [0.3, 0.4) is 0 Å².